The van der Waals surface area contributed by atoms with E-state index in [1.165, 1.54) is 22.3 Å². The Morgan fingerprint density at radius 1 is 1.04 bits per heavy atom. The van der Waals surface area contributed by atoms with E-state index in [4.69, 9.17) is 14.2 Å². The van der Waals surface area contributed by atoms with E-state index >= 15 is 0 Å². The van der Waals surface area contributed by atoms with Crippen molar-refractivity contribution in [1.29, 1.82) is 0 Å². The molecular weight excluding hydrogens is 318 g/mol. The highest BCUT2D eigenvalue weighted by Gasteiger charge is 2.29. The Labute approximate surface area is 146 Å². The van der Waals surface area contributed by atoms with E-state index in [1.54, 1.807) is 0 Å². The minimum Gasteiger partial charge on any atom is -0.449 e. The smallest absolute Gasteiger partial charge is 0.407 e. The van der Waals surface area contributed by atoms with E-state index in [0.717, 1.165) is 0 Å². The molecule has 1 aliphatic carbocycles. The lowest BCUT2D eigenvalue weighted by molar-refractivity contribution is -0.0859. The van der Waals surface area contributed by atoms with E-state index in [1.807, 2.05) is 24.3 Å². The minimum absolute atomic E-state index is 0.0763. The third-order valence-corrected chi connectivity index (χ3v) is 4.70. The molecule has 1 saturated heterocycles. The fourth-order valence-corrected chi connectivity index (χ4v) is 3.50. The molecule has 0 saturated carbocycles. The molecule has 5 nitrogen and oxygen atoms in total. The molecule has 0 radical (unpaired) electrons. The van der Waals surface area contributed by atoms with Gasteiger partial charge in [0.25, 0.3) is 0 Å². The lowest BCUT2D eigenvalue weighted by Crippen LogP contribution is -2.40. The van der Waals surface area contributed by atoms with E-state index in [-0.39, 0.29) is 12.0 Å². The van der Waals surface area contributed by atoms with Crippen molar-refractivity contribution in [3.63, 3.8) is 0 Å². The van der Waals surface area contributed by atoms with Crippen LogP contribution in [0.3, 0.4) is 0 Å². The molecule has 2 aromatic rings. The molecule has 1 atom stereocenters. The summed E-state index contributed by atoms with van der Waals surface area (Å²) in [7, 11) is 0. The monoisotopic (exact) mass is 339 g/mol. The van der Waals surface area contributed by atoms with Crippen molar-refractivity contribution in [2.45, 2.75) is 12.0 Å². The van der Waals surface area contributed by atoms with Crippen molar-refractivity contribution < 1.29 is 19.0 Å². The summed E-state index contributed by atoms with van der Waals surface area (Å²) in [6.07, 6.45) is -0.523. The molecule has 0 unspecified atom stereocenters. The predicted molar refractivity (Wildman–Crippen MR) is 93.6 cm³/mol. The molecule has 2 aliphatic rings. The maximum Gasteiger partial charge on any atom is 0.407 e. The number of fused-ring (bicyclic) bond motifs is 3. The van der Waals surface area contributed by atoms with Gasteiger partial charge in [-0.2, -0.15) is 0 Å². The standard InChI is InChI=1S/C20H21NO4/c22-20(21-11-14-12-23-9-10-24-14)25-13-19-17-7-3-1-5-15(17)16-6-2-4-8-18(16)19/h1-8,14,19H,9-13H2,(H,21,22)/t14-/m0/s1. The van der Waals surface area contributed by atoms with Crippen molar-refractivity contribution >= 4 is 6.09 Å². The molecule has 2 aromatic carbocycles. The highest BCUT2D eigenvalue weighted by molar-refractivity contribution is 5.79. The molecule has 1 aliphatic heterocycles. The number of hydrogen-bond donors (Lipinski definition) is 1. The lowest BCUT2D eigenvalue weighted by Gasteiger charge is -2.23. The average molecular weight is 339 g/mol. The first-order chi connectivity index (χ1) is 12.3. The van der Waals surface area contributed by atoms with Gasteiger partial charge in [0.05, 0.1) is 25.9 Å². The van der Waals surface area contributed by atoms with Gasteiger partial charge < -0.3 is 19.5 Å². The normalized spacial score (nSPS) is 19.1. The van der Waals surface area contributed by atoms with Gasteiger partial charge in [-0.25, -0.2) is 4.79 Å². The Morgan fingerprint density at radius 3 is 2.36 bits per heavy atom. The van der Waals surface area contributed by atoms with E-state index in [0.29, 0.717) is 33.0 Å². The van der Waals surface area contributed by atoms with Gasteiger partial charge in [0.1, 0.15) is 6.61 Å². The van der Waals surface area contributed by atoms with Gasteiger partial charge in [-0.3, -0.25) is 0 Å². The first-order valence-corrected chi connectivity index (χ1v) is 8.61. The Morgan fingerprint density at radius 2 is 1.72 bits per heavy atom. The molecular formula is C20H21NO4. The average Bonchev–Trinajstić information content (AvgIpc) is 2.99. The molecule has 1 N–H and O–H groups in total. The van der Waals surface area contributed by atoms with Gasteiger partial charge in [0.2, 0.25) is 0 Å². The minimum atomic E-state index is -0.420. The van der Waals surface area contributed by atoms with Crippen molar-refractivity contribution in [1.82, 2.24) is 5.32 Å². The number of ether oxygens (including phenoxy) is 3. The topological polar surface area (TPSA) is 56.8 Å². The van der Waals surface area contributed by atoms with Crippen molar-refractivity contribution in [3.8, 4) is 11.1 Å². The van der Waals surface area contributed by atoms with E-state index < -0.39 is 6.09 Å². The number of nitrogens with one attached hydrogen (secondary N) is 1. The summed E-state index contributed by atoms with van der Waals surface area (Å²) >= 11 is 0. The van der Waals surface area contributed by atoms with Crippen LogP contribution in [0.1, 0.15) is 17.0 Å². The molecule has 1 heterocycles. The van der Waals surface area contributed by atoms with E-state index in [9.17, 15) is 4.79 Å². The van der Waals surface area contributed by atoms with Crippen LogP contribution >= 0.6 is 0 Å². The Kier molecular flexibility index (Phi) is 4.68. The number of carbonyl (C=O) groups is 1. The maximum atomic E-state index is 12.0. The first-order valence-electron chi connectivity index (χ1n) is 8.61. The van der Waals surface area contributed by atoms with Gasteiger partial charge in [0, 0.05) is 12.5 Å². The number of rotatable bonds is 4. The molecule has 0 aromatic heterocycles. The third-order valence-electron chi connectivity index (χ3n) is 4.70. The number of benzene rings is 2. The van der Waals surface area contributed by atoms with Gasteiger partial charge in [-0.15, -0.1) is 0 Å². The van der Waals surface area contributed by atoms with Crippen molar-refractivity contribution in [2.75, 3.05) is 33.0 Å². The third kappa shape index (κ3) is 3.38. The molecule has 130 valence electrons. The highest BCUT2D eigenvalue weighted by atomic mass is 16.6. The highest BCUT2D eigenvalue weighted by Crippen LogP contribution is 2.44. The van der Waals surface area contributed by atoms with Crippen LogP contribution in [0, 0.1) is 0 Å². The second kappa shape index (κ2) is 7.25. The summed E-state index contributed by atoms with van der Waals surface area (Å²) in [6.45, 7) is 2.40. The molecule has 5 heteroatoms. The summed E-state index contributed by atoms with van der Waals surface area (Å²) in [5.41, 5.74) is 4.86. The summed E-state index contributed by atoms with van der Waals surface area (Å²) in [5, 5.41) is 2.76. The fourth-order valence-electron chi connectivity index (χ4n) is 3.50. The zero-order chi connectivity index (χ0) is 17.1. The summed E-state index contributed by atoms with van der Waals surface area (Å²) in [6, 6.07) is 16.6. The Bertz CT molecular complexity index is 709. The largest absolute Gasteiger partial charge is 0.449 e. The number of hydrogen-bond acceptors (Lipinski definition) is 4. The Balaban J connectivity index is 1.38. The molecule has 1 amide bonds. The molecule has 25 heavy (non-hydrogen) atoms. The second-order valence-corrected chi connectivity index (χ2v) is 6.27. The van der Waals surface area contributed by atoms with Crippen LogP contribution in [0.4, 0.5) is 4.79 Å². The van der Waals surface area contributed by atoms with Crippen LogP contribution in [-0.4, -0.2) is 45.2 Å². The van der Waals surface area contributed by atoms with Crippen LogP contribution in [0.5, 0.6) is 0 Å². The zero-order valence-electron chi connectivity index (χ0n) is 13.9. The van der Waals surface area contributed by atoms with Gasteiger partial charge in [0.15, 0.2) is 0 Å². The number of amides is 1. The van der Waals surface area contributed by atoms with Crippen LogP contribution in [0.2, 0.25) is 0 Å². The quantitative estimate of drug-likeness (QED) is 0.930. The van der Waals surface area contributed by atoms with Gasteiger partial charge in [-0.05, 0) is 22.3 Å². The van der Waals surface area contributed by atoms with Crippen LogP contribution < -0.4 is 5.32 Å². The first kappa shape index (κ1) is 16.1. The van der Waals surface area contributed by atoms with E-state index in [2.05, 4.69) is 29.6 Å². The van der Waals surface area contributed by atoms with Crippen molar-refractivity contribution in [2.24, 2.45) is 0 Å². The maximum absolute atomic E-state index is 12.0. The summed E-state index contributed by atoms with van der Waals surface area (Å²) < 4.78 is 16.3. The Hall–Kier alpha value is -2.37. The molecule has 4 rings (SSSR count). The summed E-state index contributed by atoms with van der Waals surface area (Å²) in [5.74, 6) is 0.0763. The number of alkyl carbamates (subject to hydrolysis) is 1. The fraction of sp³-hybridized carbons (Fsp3) is 0.350. The lowest BCUT2D eigenvalue weighted by atomic mass is 9.98. The van der Waals surface area contributed by atoms with Crippen LogP contribution in [-0.2, 0) is 14.2 Å². The van der Waals surface area contributed by atoms with Crippen LogP contribution in [0.25, 0.3) is 11.1 Å². The van der Waals surface area contributed by atoms with Gasteiger partial charge >= 0.3 is 6.09 Å². The SMILES string of the molecule is O=C(NC[C@H]1COCCO1)OCC1c2ccccc2-c2ccccc21. The second-order valence-electron chi connectivity index (χ2n) is 6.27. The van der Waals surface area contributed by atoms with Crippen molar-refractivity contribution in [3.05, 3.63) is 59.7 Å². The zero-order valence-corrected chi connectivity index (χ0v) is 13.9. The van der Waals surface area contributed by atoms with Crippen LogP contribution in [0.15, 0.2) is 48.5 Å². The predicted octanol–water partition coefficient (Wildman–Crippen LogP) is 2.94. The summed E-state index contributed by atoms with van der Waals surface area (Å²) in [4.78, 5) is 12.0. The van der Waals surface area contributed by atoms with Gasteiger partial charge in [-0.1, -0.05) is 48.5 Å². The molecule has 0 spiro atoms. The molecule has 1 fully saturated rings. The molecule has 0 bridgehead atoms. The number of carbonyl (C=O) groups excluding carboxylic acids is 1.